The second-order valence-electron chi connectivity index (χ2n) is 1.77. The van der Waals surface area contributed by atoms with E-state index in [-0.39, 0.29) is 0 Å². The summed E-state index contributed by atoms with van der Waals surface area (Å²) in [5, 5.41) is 6.88. The van der Waals surface area contributed by atoms with Crippen molar-refractivity contribution < 1.29 is 0 Å². The maximum Gasteiger partial charge on any atom is 0.0402 e. The molecule has 0 spiro atoms. The average molecular weight is 180 g/mol. The zero-order valence-electron chi connectivity index (χ0n) is 8.96. The van der Waals surface area contributed by atoms with Crippen LogP contribution in [0, 0.1) is 5.41 Å². The van der Waals surface area contributed by atoms with Gasteiger partial charge in [0.2, 0.25) is 0 Å². The molecule has 0 fully saturated rings. The van der Waals surface area contributed by atoms with Crippen LogP contribution in [0.3, 0.4) is 0 Å². The topological polar surface area (TPSA) is 49.9 Å². The Morgan fingerprint density at radius 2 is 1.54 bits per heavy atom. The Morgan fingerprint density at radius 3 is 1.85 bits per heavy atom. The van der Waals surface area contributed by atoms with Crippen LogP contribution < -0.4 is 5.73 Å². The molecule has 0 aliphatic rings. The van der Waals surface area contributed by atoms with Gasteiger partial charge in [-0.2, -0.15) is 0 Å². The first-order chi connectivity index (χ1) is 6.34. The molecule has 1 aromatic carbocycles. The highest BCUT2D eigenvalue weighted by Gasteiger charge is 1.88. The zero-order valence-corrected chi connectivity index (χ0v) is 8.96. The molecule has 0 bridgehead atoms. The van der Waals surface area contributed by atoms with Crippen molar-refractivity contribution in [3.05, 3.63) is 29.8 Å². The van der Waals surface area contributed by atoms with Gasteiger partial charge < -0.3 is 11.1 Å². The first-order valence-corrected chi connectivity index (χ1v) is 4.69. The summed E-state index contributed by atoms with van der Waals surface area (Å²) < 4.78 is 0. The Morgan fingerprint density at radius 1 is 1.08 bits per heavy atom. The van der Waals surface area contributed by atoms with Crippen molar-refractivity contribution in [3.8, 4) is 0 Å². The molecule has 0 saturated heterocycles. The largest absolute Gasteiger partial charge is 0.398 e. The van der Waals surface area contributed by atoms with Gasteiger partial charge in [-0.1, -0.05) is 45.9 Å². The van der Waals surface area contributed by atoms with Gasteiger partial charge in [0, 0.05) is 17.5 Å². The number of nitrogens with two attached hydrogens (primary N) is 1. The molecule has 0 aliphatic heterocycles. The van der Waals surface area contributed by atoms with E-state index >= 15 is 0 Å². The van der Waals surface area contributed by atoms with Crippen LogP contribution in [0.1, 0.15) is 33.3 Å². The summed E-state index contributed by atoms with van der Waals surface area (Å²) in [4.78, 5) is 0. The summed E-state index contributed by atoms with van der Waals surface area (Å²) in [6, 6.07) is 7.29. The summed E-state index contributed by atoms with van der Waals surface area (Å²) in [6.45, 7) is 8.00. The van der Waals surface area contributed by atoms with Gasteiger partial charge in [0.15, 0.2) is 0 Å². The van der Waals surface area contributed by atoms with E-state index in [0.717, 1.165) is 5.56 Å². The van der Waals surface area contributed by atoms with Crippen molar-refractivity contribution in [3.63, 3.8) is 0 Å². The highest BCUT2D eigenvalue weighted by Crippen LogP contribution is 2.05. The standard InChI is InChI=1S/C7H8N2.2C2H6/c8-5-6-3-1-2-4-7(6)9;2*1-2/h1-5,8H,9H2;2*1-2H3. The first-order valence-electron chi connectivity index (χ1n) is 4.69. The maximum absolute atomic E-state index is 6.88. The Labute approximate surface area is 81.3 Å². The van der Waals surface area contributed by atoms with E-state index in [0.29, 0.717) is 5.69 Å². The molecule has 0 heterocycles. The molecular weight excluding hydrogens is 160 g/mol. The van der Waals surface area contributed by atoms with Crippen molar-refractivity contribution in [2.75, 3.05) is 5.73 Å². The van der Waals surface area contributed by atoms with E-state index in [2.05, 4.69) is 0 Å². The first kappa shape index (κ1) is 14.2. The van der Waals surface area contributed by atoms with Crippen LogP contribution in [0.25, 0.3) is 0 Å². The molecule has 0 unspecified atom stereocenters. The molecule has 74 valence electrons. The summed E-state index contributed by atoms with van der Waals surface area (Å²) in [5.41, 5.74) is 6.92. The average Bonchev–Trinajstić information content (AvgIpc) is 2.24. The molecular formula is C11H20N2. The van der Waals surface area contributed by atoms with Crippen LogP contribution in [-0.2, 0) is 0 Å². The minimum absolute atomic E-state index is 0.660. The van der Waals surface area contributed by atoms with Crippen molar-refractivity contribution in [2.45, 2.75) is 27.7 Å². The molecule has 2 nitrogen and oxygen atoms in total. The predicted octanol–water partition coefficient (Wildman–Crippen LogP) is 3.32. The van der Waals surface area contributed by atoms with Gasteiger partial charge in [-0.05, 0) is 6.07 Å². The van der Waals surface area contributed by atoms with Gasteiger partial charge >= 0.3 is 0 Å². The van der Waals surface area contributed by atoms with E-state index in [1.165, 1.54) is 6.21 Å². The normalized spacial score (nSPS) is 7.08. The van der Waals surface area contributed by atoms with Crippen LogP contribution in [-0.4, -0.2) is 6.21 Å². The van der Waals surface area contributed by atoms with Gasteiger partial charge in [0.05, 0.1) is 0 Å². The third-order valence-electron chi connectivity index (χ3n) is 1.15. The summed E-state index contributed by atoms with van der Waals surface area (Å²) >= 11 is 0. The third kappa shape index (κ3) is 5.91. The highest BCUT2D eigenvalue weighted by atomic mass is 14.6. The van der Waals surface area contributed by atoms with Gasteiger partial charge in [-0.15, -0.1) is 0 Å². The lowest BCUT2D eigenvalue weighted by atomic mass is 10.2. The lowest BCUT2D eigenvalue weighted by Gasteiger charge is -1.94. The Balaban J connectivity index is 0. The minimum Gasteiger partial charge on any atom is -0.398 e. The number of hydrogen-bond acceptors (Lipinski definition) is 2. The molecule has 1 aromatic rings. The third-order valence-corrected chi connectivity index (χ3v) is 1.15. The molecule has 0 aromatic heterocycles. The second-order valence-corrected chi connectivity index (χ2v) is 1.77. The number of nitrogen functional groups attached to an aromatic ring is 1. The van der Waals surface area contributed by atoms with Crippen LogP contribution in [0.2, 0.25) is 0 Å². The van der Waals surface area contributed by atoms with Gasteiger partial charge in [-0.3, -0.25) is 0 Å². The molecule has 13 heavy (non-hydrogen) atoms. The Hall–Kier alpha value is -1.31. The second kappa shape index (κ2) is 10.7. The molecule has 0 amide bonds. The molecule has 0 atom stereocenters. The van der Waals surface area contributed by atoms with E-state index in [4.69, 9.17) is 11.1 Å². The molecule has 3 N–H and O–H groups in total. The number of anilines is 1. The van der Waals surface area contributed by atoms with Crippen LogP contribution in [0.15, 0.2) is 24.3 Å². The quantitative estimate of drug-likeness (QED) is 0.505. The monoisotopic (exact) mass is 180 g/mol. The lowest BCUT2D eigenvalue weighted by Crippen LogP contribution is -1.90. The Kier molecular flexibility index (Phi) is 11.7. The molecule has 1 rings (SSSR count). The summed E-state index contributed by atoms with van der Waals surface area (Å²) in [5.74, 6) is 0. The van der Waals surface area contributed by atoms with Crippen molar-refractivity contribution >= 4 is 11.9 Å². The fourth-order valence-electron chi connectivity index (χ4n) is 0.642. The number of nitrogens with one attached hydrogen (secondary N) is 1. The van der Waals surface area contributed by atoms with Crippen LogP contribution in [0.5, 0.6) is 0 Å². The molecule has 0 saturated carbocycles. The smallest absolute Gasteiger partial charge is 0.0402 e. The molecule has 0 radical (unpaired) electrons. The number of benzene rings is 1. The summed E-state index contributed by atoms with van der Waals surface area (Å²) in [6.07, 6.45) is 1.25. The predicted molar refractivity (Wildman–Crippen MR) is 61.4 cm³/mol. The fourth-order valence-corrected chi connectivity index (χ4v) is 0.642. The van der Waals surface area contributed by atoms with E-state index in [1.54, 1.807) is 6.07 Å². The number of rotatable bonds is 1. The highest BCUT2D eigenvalue weighted by molar-refractivity contribution is 5.84. The van der Waals surface area contributed by atoms with Crippen molar-refractivity contribution in [2.24, 2.45) is 0 Å². The SMILES string of the molecule is CC.CC.N=Cc1ccccc1N. The Bertz CT molecular complexity index is 219. The maximum atomic E-state index is 6.88. The van der Waals surface area contributed by atoms with E-state index in [9.17, 15) is 0 Å². The number of para-hydroxylation sites is 1. The lowest BCUT2D eigenvalue weighted by molar-refractivity contribution is 1.50. The van der Waals surface area contributed by atoms with E-state index < -0.39 is 0 Å². The minimum atomic E-state index is 0.660. The molecule has 0 aliphatic carbocycles. The van der Waals surface area contributed by atoms with Crippen LogP contribution in [0.4, 0.5) is 5.69 Å². The van der Waals surface area contributed by atoms with Crippen molar-refractivity contribution in [1.29, 1.82) is 5.41 Å². The zero-order chi connectivity index (χ0) is 10.7. The summed E-state index contributed by atoms with van der Waals surface area (Å²) in [7, 11) is 0. The fraction of sp³-hybridized carbons (Fsp3) is 0.364. The van der Waals surface area contributed by atoms with Crippen molar-refractivity contribution in [1.82, 2.24) is 0 Å². The van der Waals surface area contributed by atoms with Gasteiger partial charge in [0.1, 0.15) is 0 Å². The van der Waals surface area contributed by atoms with E-state index in [1.807, 2.05) is 45.9 Å². The van der Waals surface area contributed by atoms with Gasteiger partial charge in [-0.25, -0.2) is 0 Å². The van der Waals surface area contributed by atoms with Gasteiger partial charge in [0.25, 0.3) is 0 Å². The number of hydrogen-bond donors (Lipinski definition) is 2. The van der Waals surface area contributed by atoms with Crippen LogP contribution >= 0.6 is 0 Å². The molecule has 2 heteroatoms.